The molecule has 15 heavy (non-hydrogen) atoms. The van der Waals surface area contributed by atoms with Gasteiger partial charge in [-0.3, -0.25) is 4.79 Å². The highest BCUT2D eigenvalue weighted by atomic mass is 32.2. The van der Waals surface area contributed by atoms with Crippen molar-refractivity contribution < 1.29 is 9.53 Å². The standard InChI is InChI=1S/C12H16O2S/c1-9(2)11(12(13)14-3)15-10-7-5-4-6-8-10/h4-9,11H,1-3H3. The zero-order valence-corrected chi connectivity index (χ0v) is 10.1. The molecular formula is C12H16O2S. The Hall–Kier alpha value is -0.960. The lowest BCUT2D eigenvalue weighted by Gasteiger charge is -2.17. The summed E-state index contributed by atoms with van der Waals surface area (Å²) in [5.41, 5.74) is 0. The van der Waals surface area contributed by atoms with Gasteiger partial charge in [-0.05, 0) is 18.1 Å². The summed E-state index contributed by atoms with van der Waals surface area (Å²) >= 11 is 1.55. The Morgan fingerprint density at radius 3 is 2.33 bits per heavy atom. The average Bonchev–Trinajstić information content (AvgIpc) is 2.26. The first-order valence-corrected chi connectivity index (χ1v) is 5.82. The fourth-order valence-corrected chi connectivity index (χ4v) is 2.29. The lowest BCUT2D eigenvalue weighted by atomic mass is 10.1. The zero-order chi connectivity index (χ0) is 11.3. The van der Waals surface area contributed by atoms with Gasteiger partial charge in [-0.15, -0.1) is 11.8 Å². The molecule has 0 radical (unpaired) electrons. The number of esters is 1. The largest absolute Gasteiger partial charge is 0.468 e. The maximum atomic E-state index is 11.5. The Kier molecular flexibility index (Phi) is 4.69. The van der Waals surface area contributed by atoms with Gasteiger partial charge in [0, 0.05) is 4.90 Å². The molecule has 0 spiro atoms. The molecule has 0 saturated carbocycles. The van der Waals surface area contributed by atoms with E-state index in [9.17, 15) is 4.79 Å². The second-order valence-electron chi connectivity index (χ2n) is 3.62. The molecule has 1 unspecified atom stereocenters. The van der Waals surface area contributed by atoms with E-state index in [2.05, 4.69) is 0 Å². The van der Waals surface area contributed by atoms with Crippen molar-refractivity contribution in [3.8, 4) is 0 Å². The number of hydrogen-bond acceptors (Lipinski definition) is 3. The van der Waals surface area contributed by atoms with Crippen molar-refractivity contribution in [3.63, 3.8) is 0 Å². The fourth-order valence-electron chi connectivity index (χ4n) is 1.22. The predicted molar refractivity (Wildman–Crippen MR) is 62.9 cm³/mol. The Morgan fingerprint density at radius 1 is 1.27 bits per heavy atom. The predicted octanol–water partition coefficient (Wildman–Crippen LogP) is 2.98. The van der Waals surface area contributed by atoms with Crippen LogP contribution in [-0.2, 0) is 9.53 Å². The smallest absolute Gasteiger partial charge is 0.319 e. The summed E-state index contributed by atoms with van der Waals surface area (Å²) in [6.45, 7) is 4.05. The molecule has 3 heteroatoms. The third kappa shape index (κ3) is 3.59. The van der Waals surface area contributed by atoms with Gasteiger partial charge in [-0.2, -0.15) is 0 Å². The summed E-state index contributed by atoms with van der Waals surface area (Å²) in [5.74, 6) is 0.113. The van der Waals surface area contributed by atoms with Gasteiger partial charge in [-0.1, -0.05) is 32.0 Å². The molecule has 0 amide bonds. The number of methoxy groups -OCH3 is 1. The summed E-state index contributed by atoms with van der Waals surface area (Å²) < 4.78 is 4.79. The molecule has 0 aliphatic heterocycles. The van der Waals surface area contributed by atoms with Gasteiger partial charge in [0.25, 0.3) is 0 Å². The molecule has 0 aliphatic rings. The van der Waals surface area contributed by atoms with Crippen molar-refractivity contribution >= 4 is 17.7 Å². The van der Waals surface area contributed by atoms with Crippen molar-refractivity contribution in [2.24, 2.45) is 5.92 Å². The lowest BCUT2D eigenvalue weighted by Crippen LogP contribution is -2.24. The van der Waals surface area contributed by atoms with E-state index in [-0.39, 0.29) is 17.1 Å². The number of ether oxygens (including phenoxy) is 1. The molecule has 0 fully saturated rings. The van der Waals surface area contributed by atoms with Crippen LogP contribution in [0.25, 0.3) is 0 Å². The highest BCUT2D eigenvalue weighted by Crippen LogP contribution is 2.28. The van der Waals surface area contributed by atoms with Crippen molar-refractivity contribution in [3.05, 3.63) is 30.3 Å². The van der Waals surface area contributed by atoms with Crippen molar-refractivity contribution in [1.82, 2.24) is 0 Å². The highest BCUT2D eigenvalue weighted by Gasteiger charge is 2.23. The van der Waals surface area contributed by atoms with Gasteiger partial charge in [0.2, 0.25) is 0 Å². The summed E-state index contributed by atoms with van der Waals surface area (Å²) in [6.07, 6.45) is 0. The van der Waals surface area contributed by atoms with Gasteiger partial charge in [0.15, 0.2) is 0 Å². The van der Waals surface area contributed by atoms with Gasteiger partial charge in [0.1, 0.15) is 5.25 Å². The van der Waals surface area contributed by atoms with Crippen molar-refractivity contribution in [2.45, 2.75) is 24.0 Å². The second kappa shape index (κ2) is 5.81. The number of carbonyl (C=O) groups excluding carboxylic acids is 1. The molecule has 1 rings (SSSR count). The van der Waals surface area contributed by atoms with Crippen LogP contribution in [0.15, 0.2) is 35.2 Å². The number of benzene rings is 1. The van der Waals surface area contributed by atoms with E-state index >= 15 is 0 Å². The monoisotopic (exact) mass is 224 g/mol. The van der Waals surface area contributed by atoms with Gasteiger partial charge in [-0.25, -0.2) is 0 Å². The van der Waals surface area contributed by atoms with Gasteiger partial charge >= 0.3 is 5.97 Å². The van der Waals surface area contributed by atoms with Crippen molar-refractivity contribution in [1.29, 1.82) is 0 Å². The van der Waals surface area contributed by atoms with Crippen molar-refractivity contribution in [2.75, 3.05) is 7.11 Å². The average molecular weight is 224 g/mol. The molecule has 0 bridgehead atoms. The summed E-state index contributed by atoms with van der Waals surface area (Å²) in [5, 5.41) is -0.127. The van der Waals surface area contributed by atoms with E-state index in [1.54, 1.807) is 11.8 Å². The Labute approximate surface area is 95.0 Å². The summed E-state index contributed by atoms with van der Waals surface area (Å²) in [7, 11) is 1.43. The Bertz CT molecular complexity index is 309. The van der Waals surface area contributed by atoms with Crippen LogP contribution in [-0.4, -0.2) is 18.3 Å². The van der Waals surface area contributed by atoms with E-state index < -0.39 is 0 Å². The van der Waals surface area contributed by atoms with E-state index in [0.29, 0.717) is 0 Å². The molecule has 0 saturated heterocycles. The van der Waals surface area contributed by atoms with Crippen LogP contribution < -0.4 is 0 Å². The minimum Gasteiger partial charge on any atom is -0.468 e. The number of thioether (sulfide) groups is 1. The van der Waals surface area contributed by atoms with Crippen LogP contribution in [0.4, 0.5) is 0 Å². The lowest BCUT2D eigenvalue weighted by molar-refractivity contribution is -0.140. The zero-order valence-electron chi connectivity index (χ0n) is 9.27. The molecule has 1 aromatic rings. The molecular weight excluding hydrogens is 208 g/mol. The maximum Gasteiger partial charge on any atom is 0.319 e. The van der Waals surface area contributed by atoms with E-state index in [1.807, 2.05) is 44.2 Å². The third-order valence-corrected chi connectivity index (χ3v) is 3.58. The van der Waals surface area contributed by atoms with Crippen LogP contribution in [0.5, 0.6) is 0 Å². The van der Waals surface area contributed by atoms with E-state index in [0.717, 1.165) is 4.90 Å². The first-order valence-electron chi connectivity index (χ1n) is 4.94. The molecule has 82 valence electrons. The maximum absolute atomic E-state index is 11.5. The van der Waals surface area contributed by atoms with Crippen LogP contribution in [0.3, 0.4) is 0 Å². The minimum atomic E-state index is -0.154. The molecule has 0 aliphatic carbocycles. The molecule has 0 heterocycles. The van der Waals surface area contributed by atoms with Gasteiger partial charge < -0.3 is 4.74 Å². The highest BCUT2D eigenvalue weighted by molar-refractivity contribution is 8.00. The minimum absolute atomic E-state index is 0.127. The normalized spacial score (nSPS) is 12.5. The van der Waals surface area contributed by atoms with E-state index in [1.165, 1.54) is 7.11 Å². The Balaban J connectivity index is 2.72. The Morgan fingerprint density at radius 2 is 1.87 bits per heavy atom. The van der Waals surface area contributed by atoms with Crippen LogP contribution in [0.2, 0.25) is 0 Å². The summed E-state index contributed by atoms with van der Waals surface area (Å²) in [4.78, 5) is 12.6. The summed E-state index contributed by atoms with van der Waals surface area (Å²) in [6, 6.07) is 9.91. The first-order chi connectivity index (χ1) is 7.15. The van der Waals surface area contributed by atoms with E-state index in [4.69, 9.17) is 4.74 Å². The first kappa shape index (κ1) is 12.1. The van der Waals surface area contributed by atoms with Crippen LogP contribution in [0, 0.1) is 5.92 Å². The number of carbonyl (C=O) groups is 1. The quantitative estimate of drug-likeness (QED) is 0.581. The molecule has 0 aromatic heterocycles. The third-order valence-electron chi connectivity index (χ3n) is 2.05. The van der Waals surface area contributed by atoms with Crippen LogP contribution >= 0.6 is 11.8 Å². The fraction of sp³-hybridized carbons (Fsp3) is 0.417. The van der Waals surface area contributed by atoms with Gasteiger partial charge in [0.05, 0.1) is 7.11 Å². The molecule has 1 atom stereocenters. The number of hydrogen-bond donors (Lipinski definition) is 0. The number of rotatable bonds is 4. The molecule has 2 nitrogen and oxygen atoms in total. The second-order valence-corrected chi connectivity index (χ2v) is 4.83. The van der Waals surface area contributed by atoms with Crippen LogP contribution in [0.1, 0.15) is 13.8 Å². The molecule has 0 N–H and O–H groups in total. The SMILES string of the molecule is COC(=O)C(Sc1ccccc1)C(C)C. The topological polar surface area (TPSA) is 26.3 Å². The molecule has 1 aromatic carbocycles.